The summed E-state index contributed by atoms with van der Waals surface area (Å²) < 4.78 is 29.0. The Bertz CT molecular complexity index is 252. The van der Waals surface area contributed by atoms with Gasteiger partial charge in [0.1, 0.15) is 0 Å². The largest absolute Gasteiger partial charge is 0.383 e. The number of hydrogen-bond donors (Lipinski definition) is 2. The predicted octanol–water partition coefficient (Wildman–Crippen LogP) is -0.204. The molecule has 0 aromatic carbocycles. The lowest BCUT2D eigenvalue weighted by atomic mass is 10.1. The average Bonchev–Trinajstić information content (AvgIpc) is 2.08. The van der Waals surface area contributed by atoms with Crippen LogP contribution in [0.3, 0.4) is 0 Å². The molecule has 92 valence electrons. The zero-order chi connectivity index (χ0) is 11.9. The molecular weight excluding hydrogens is 216 g/mol. The molecule has 0 aromatic rings. The number of ether oxygens (including phenoxy) is 1. The molecule has 0 fully saturated rings. The first-order chi connectivity index (χ1) is 6.87. The van der Waals surface area contributed by atoms with Crippen molar-refractivity contribution in [3.8, 4) is 0 Å². The maximum absolute atomic E-state index is 10.8. The fourth-order valence-electron chi connectivity index (χ4n) is 1.16. The fraction of sp³-hybridized carbons (Fsp3) is 1.00. The highest BCUT2D eigenvalue weighted by molar-refractivity contribution is 7.88. The summed E-state index contributed by atoms with van der Waals surface area (Å²) in [7, 11) is -1.42. The molecule has 0 bridgehead atoms. The molecule has 0 saturated carbocycles. The van der Waals surface area contributed by atoms with Crippen LogP contribution in [0.4, 0.5) is 0 Å². The smallest absolute Gasteiger partial charge is 0.208 e. The highest BCUT2D eigenvalue weighted by Gasteiger charge is 2.11. The van der Waals surface area contributed by atoms with Gasteiger partial charge in [-0.25, -0.2) is 13.1 Å². The Morgan fingerprint density at radius 2 is 1.87 bits per heavy atom. The van der Waals surface area contributed by atoms with Crippen LogP contribution in [0.25, 0.3) is 0 Å². The first-order valence-electron chi connectivity index (χ1n) is 5.03. The van der Waals surface area contributed by atoms with Crippen LogP contribution in [0.5, 0.6) is 0 Å². The minimum absolute atomic E-state index is 0.261. The second-order valence-corrected chi connectivity index (χ2v) is 5.76. The molecule has 0 aliphatic carbocycles. The van der Waals surface area contributed by atoms with Crippen LogP contribution in [0, 0.1) is 5.92 Å². The van der Waals surface area contributed by atoms with Crippen molar-refractivity contribution in [2.24, 2.45) is 5.92 Å². The molecule has 0 rings (SSSR count). The average molecular weight is 238 g/mol. The van der Waals surface area contributed by atoms with Crippen LogP contribution in [0.1, 0.15) is 13.8 Å². The van der Waals surface area contributed by atoms with Gasteiger partial charge in [0.05, 0.1) is 12.9 Å². The highest BCUT2D eigenvalue weighted by Crippen LogP contribution is 2.00. The predicted molar refractivity (Wildman–Crippen MR) is 61.4 cm³/mol. The molecule has 0 aliphatic rings. The first kappa shape index (κ1) is 14.8. The molecule has 0 aromatic heterocycles. The van der Waals surface area contributed by atoms with Crippen LogP contribution in [-0.2, 0) is 14.8 Å². The second-order valence-electron chi connectivity index (χ2n) is 3.93. The van der Waals surface area contributed by atoms with E-state index >= 15 is 0 Å². The van der Waals surface area contributed by atoms with E-state index in [4.69, 9.17) is 4.74 Å². The Morgan fingerprint density at radius 1 is 1.27 bits per heavy atom. The summed E-state index contributed by atoms with van der Waals surface area (Å²) in [4.78, 5) is 0. The highest BCUT2D eigenvalue weighted by atomic mass is 32.2. The summed E-state index contributed by atoms with van der Waals surface area (Å²) in [6, 6.07) is 0.261. The van der Waals surface area contributed by atoms with Gasteiger partial charge >= 0.3 is 0 Å². The van der Waals surface area contributed by atoms with Gasteiger partial charge in [0.25, 0.3) is 0 Å². The zero-order valence-electron chi connectivity index (χ0n) is 9.91. The fourth-order valence-corrected chi connectivity index (χ4v) is 1.63. The van der Waals surface area contributed by atoms with E-state index in [1.165, 1.54) is 0 Å². The van der Waals surface area contributed by atoms with Crippen molar-refractivity contribution < 1.29 is 13.2 Å². The monoisotopic (exact) mass is 238 g/mol. The van der Waals surface area contributed by atoms with Gasteiger partial charge in [-0.1, -0.05) is 13.8 Å². The van der Waals surface area contributed by atoms with Gasteiger partial charge in [0.2, 0.25) is 10.0 Å². The number of hydrogen-bond acceptors (Lipinski definition) is 4. The lowest BCUT2D eigenvalue weighted by Crippen LogP contribution is -2.41. The molecule has 2 N–H and O–H groups in total. The normalized spacial score (nSPS) is 14.5. The number of methoxy groups -OCH3 is 1. The molecule has 0 radical (unpaired) electrons. The Kier molecular flexibility index (Phi) is 7.08. The van der Waals surface area contributed by atoms with E-state index in [0.29, 0.717) is 25.6 Å². The van der Waals surface area contributed by atoms with E-state index in [2.05, 4.69) is 23.9 Å². The minimum atomic E-state index is -3.08. The number of nitrogens with one attached hydrogen (secondary N) is 2. The molecule has 0 saturated heterocycles. The van der Waals surface area contributed by atoms with E-state index < -0.39 is 10.0 Å². The quantitative estimate of drug-likeness (QED) is 0.575. The summed E-state index contributed by atoms with van der Waals surface area (Å²) in [5, 5.41) is 3.24. The van der Waals surface area contributed by atoms with Gasteiger partial charge in [-0.05, 0) is 5.92 Å². The summed E-state index contributed by atoms with van der Waals surface area (Å²) in [6.07, 6.45) is 1.15. The van der Waals surface area contributed by atoms with Crippen LogP contribution in [0.2, 0.25) is 0 Å². The van der Waals surface area contributed by atoms with Crippen LogP contribution >= 0.6 is 0 Å². The van der Waals surface area contributed by atoms with Crippen molar-refractivity contribution >= 4 is 10.0 Å². The van der Waals surface area contributed by atoms with Crippen LogP contribution < -0.4 is 10.0 Å². The van der Waals surface area contributed by atoms with Crippen molar-refractivity contribution in [2.45, 2.75) is 19.9 Å². The molecule has 15 heavy (non-hydrogen) atoms. The summed E-state index contributed by atoms with van der Waals surface area (Å²) >= 11 is 0. The standard InChI is InChI=1S/C9H22N2O3S/c1-8(2)9(7-14-3)10-5-6-11-15(4,12)13/h8-11H,5-7H2,1-4H3. The molecule has 0 spiro atoms. The van der Waals surface area contributed by atoms with E-state index in [1.54, 1.807) is 7.11 Å². The van der Waals surface area contributed by atoms with Crippen LogP contribution in [0.15, 0.2) is 0 Å². The van der Waals surface area contributed by atoms with E-state index in [-0.39, 0.29) is 6.04 Å². The maximum atomic E-state index is 10.8. The minimum Gasteiger partial charge on any atom is -0.383 e. The van der Waals surface area contributed by atoms with E-state index in [9.17, 15) is 8.42 Å². The summed E-state index contributed by atoms with van der Waals surface area (Å²) in [6.45, 7) is 5.85. The lowest BCUT2D eigenvalue weighted by molar-refractivity contribution is 0.147. The third-order valence-corrected chi connectivity index (χ3v) is 2.78. The SMILES string of the molecule is COCC(NCCNS(C)(=O)=O)C(C)C. The molecule has 0 aliphatic heterocycles. The zero-order valence-corrected chi connectivity index (χ0v) is 10.7. The van der Waals surface area contributed by atoms with Crippen molar-refractivity contribution in [2.75, 3.05) is 33.1 Å². The molecule has 0 amide bonds. The second kappa shape index (κ2) is 7.16. The summed E-state index contributed by atoms with van der Waals surface area (Å²) in [5.41, 5.74) is 0. The molecular formula is C9H22N2O3S. The number of rotatable bonds is 8. The Balaban J connectivity index is 3.72. The molecule has 5 nitrogen and oxygen atoms in total. The van der Waals surface area contributed by atoms with E-state index in [1.807, 2.05) is 0 Å². The Morgan fingerprint density at radius 3 is 2.27 bits per heavy atom. The third-order valence-electron chi connectivity index (χ3n) is 2.05. The van der Waals surface area contributed by atoms with Crippen molar-refractivity contribution in [3.05, 3.63) is 0 Å². The number of sulfonamides is 1. The third kappa shape index (κ3) is 8.80. The van der Waals surface area contributed by atoms with Gasteiger partial charge in [-0.3, -0.25) is 0 Å². The maximum Gasteiger partial charge on any atom is 0.208 e. The van der Waals surface area contributed by atoms with Crippen molar-refractivity contribution in [1.29, 1.82) is 0 Å². The van der Waals surface area contributed by atoms with Crippen molar-refractivity contribution in [1.82, 2.24) is 10.0 Å². The summed E-state index contributed by atoms with van der Waals surface area (Å²) in [5.74, 6) is 0.461. The molecule has 0 heterocycles. The van der Waals surface area contributed by atoms with Gasteiger partial charge < -0.3 is 10.1 Å². The van der Waals surface area contributed by atoms with Gasteiger partial charge in [-0.15, -0.1) is 0 Å². The molecule has 1 atom stereocenters. The van der Waals surface area contributed by atoms with Gasteiger partial charge in [0, 0.05) is 26.2 Å². The Labute approximate surface area is 92.6 Å². The van der Waals surface area contributed by atoms with Crippen LogP contribution in [-0.4, -0.2) is 47.5 Å². The first-order valence-corrected chi connectivity index (χ1v) is 6.93. The van der Waals surface area contributed by atoms with Gasteiger partial charge in [-0.2, -0.15) is 0 Å². The van der Waals surface area contributed by atoms with Crippen molar-refractivity contribution in [3.63, 3.8) is 0 Å². The molecule has 1 unspecified atom stereocenters. The lowest BCUT2D eigenvalue weighted by Gasteiger charge is -2.21. The van der Waals surface area contributed by atoms with E-state index in [0.717, 1.165) is 6.26 Å². The topological polar surface area (TPSA) is 67.4 Å². The van der Waals surface area contributed by atoms with Gasteiger partial charge in [0.15, 0.2) is 0 Å². The Hall–Kier alpha value is -0.170. The molecule has 6 heteroatoms.